The highest BCUT2D eigenvalue weighted by molar-refractivity contribution is 7.32. The maximum atomic E-state index is 11.4. The molecule has 6 aromatic rings. The number of rotatable bonds is 0. The molecule has 3 nitrogen and oxygen atoms in total. The molecule has 0 spiro atoms. The molecule has 0 aliphatic carbocycles. The fourth-order valence-electron chi connectivity index (χ4n) is 2.81. The molecule has 0 aliphatic heterocycles. The molecule has 26 heavy (non-hydrogen) atoms. The van der Waals surface area contributed by atoms with Crippen LogP contribution >= 0.6 is 56.9 Å². The van der Waals surface area contributed by atoms with Gasteiger partial charge in [0.2, 0.25) is 0 Å². The lowest BCUT2D eigenvalue weighted by molar-refractivity contribution is 1.29. The van der Waals surface area contributed by atoms with Gasteiger partial charge in [0.05, 0.1) is 14.1 Å². The predicted molar refractivity (Wildman–Crippen MR) is 118 cm³/mol. The summed E-state index contributed by atoms with van der Waals surface area (Å²) >= 11 is 12.7. The molecule has 0 bridgehead atoms. The number of fused-ring (bicyclic) bond motifs is 6. The average molecular weight is 433 g/mol. The third-order valence-electron chi connectivity index (χ3n) is 3.95. The first-order valence-electron chi connectivity index (χ1n) is 7.60. The lowest BCUT2D eigenvalue weighted by atomic mass is 10.3. The molecular formula is C18H9ClN2OS4. The zero-order valence-electron chi connectivity index (χ0n) is 13.0. The van der Waals surface area contributed by atoms with Crippen LogP contribution in [-0.2, 0) is 0 Å². The fraction of sp³-hybridized carbons (Fsp3) is 0. The number of thiophene rings is 4. The average Bonchev–Trinajstić information content (AvgIpc) is 3.36. The zero-order valence-corrected chi connectivity index (χ0v) is 17.0. The van der Waals surface area contributed by atoms with Crippen molar-refractivity contribution in [2.75, 3.05) is 0 Å². The second-order valence-electron chi connectivity index (χ2n) is 5.46. The summed E-state index contributed by atoms with van der Waals surface area (Å²) in [6.07, 6.45) is 3.47. The molecular weight excluding hydrogens is 424 g/mol. The molecule has 0 atom stereocenters. The van der Waals surface area contributed by atoms with E-state index in [1.54, 1.807) is 57.7 Å². The van der Waals surface area contributed by atoms with Crippen LogP contribution in [0.3, 0.4) is 0 Å². The van der Waals surface area contributed by atoms with Gasteiger partial charge < -0.3 is 4.98 Å². The summed E-state index contributed by atoms with van der Waals surface area (Å²) in [6, 6.07) is 8.17. The van der Waals surface area contributed by atoms with Gasteiger partial charge in [-0.15, -0.1) is 45.3 Å². The number of nitrogens with one attached hydrogen (secondary N) is 1. The van der Waals surface area contributed by atoms with Crippen molar-refractivity contribution in [1.82, 2.24) is 9.97 Å². The standard InChI is InChI=1S/C9H4ClNS2.C9H5NOS2/c10-9-8-5(1-3-11-9)7-6(13-8)2-4-12-7;11-9-8-5(1-3-10-9)7-6(13-8)2-4-12-7/h1-4H;1-4H,(H,10,11). The summed E-state index contributed by atoms with van der Waals surface area (Å²) in [5.74, 6) is 0. The van der Waals surface area contributed by atoms with Gasteiger partial charge in [-0.3, -0.25) is 4.79 Å². The van der Waals surface area contributed by atoms with Crippen LogP contribution in [0.15, 0.2) is 52.2 Å². The predicted octanol–water partition coefficient (Wildman–Crippen LogP) is 6.97. The lowest BCUT2D eigenvalue weighted by Gasteiger charge is -1.89. The summed E-state index contributed by atoms with van der Waals surface area (Å²) in [6.45, 7) is 0. The van der Waals surface area contributed by atoms with Crippen LogP contribution in [0.1, 0.15) is 0 Å². The summed E-state index contributed by atoms with van der Waals surface area (Å²) in [7, 11) is 0. The number of H-pyrrole nitrogens is 1. The van der Waals surface area contributed by atoms with Crippen molar-refractivity contribution in [3.8, 4) is 0 Å². The number of aromatic nitrogens is 2. The number of hydrogen-bond acceptors (Lipinski definition) is 6. The van der Waals surface area contributed by atoms with Gasteiger partial charge in [-0.2, -0.15) is 0 Å². The van der Waals surface area contributed by atoms with Crippen LogP contribution < -0.4 is 5.56 Å². The highest BCUT2D eigenvalue weighted by Gasteiger charge is 2.09. The van der Waals surface area contributed by atoms with E-state index < -0.39 is 0 Å². The summed E-state index contributed by atoms with van der Waals surface area (Å²) in [4.78, 5) is 18.2. The SMILES string of the molecule is Clc1nccc2c1sc1ccsc12.O=c1[nH]ccc2c1sc1ccsc12. The summed E-state index contributed by atoms with van der Waals surface area (Å²) < 4.78 is 7.00. The van der Waals surface area contributed by atoms with Crippen LogP contribution in [0.2, 0.25) is 5.15 Å². The summed E-state index contributed by atoms with van der Waals surface area (Å²) in [5, 5.41) is 7.09. The Morgan fingerprint density at radius 2 is 1.50 bits per heavy atom. The Morgan fingerprint density at radius 3 is 2.23 bits per heavy atom. The molecule has 6 rings (SSSR count). The number of aromatic amines is 1. The van der Waals surface area contributed by atoms with Gasteiger partial charge >= 0.3 is 0 Å². The van der Waals surface area contributed by atoms with Crippen molar-refractivity contribution in [1.29, 1.82) is 0 Å². The van der Waals surface area contributed by atoms with Crippen molar-refractivity contribution < 1.29 is 0 Å². The third kappa shape index (κ3) is 2.59. The molecule has 0 aliphatic rings. The van der Waals surface area contributed by atoms with Crippen molar-refractivity contribution >= 4 is 95.9 Å². The minimum Gasteiger partial charge on any atom is -0.328 e. The molecule has 0 unspecified atom stereocenters. The molecule has 6 aromatic heterocycles. The van der Waals surface area contributed by atoms with E-state index in [0.717, 1.165) is 14.8 Å². The largest absolute Gasteiger partial charge is 0.328 e. The second kappa shape index (κ2) is 6.44. The molecule has 0 fully saturated rings. The minimum absolute atomic E-state index is 0.0194. The molecule has 0 radical (unpaired) electrons. The Kier molecular flexibility index (Phi) is 4.06. The van der Waals surface area contributed by atoms with Crippen LogP contribution in [0.5, 0.6) is 0 Å². The van der Waals surface area contributed by atoms with E-state index in [0.29, 0.717) is 5.15 Å². The molecule has 128 valence electrons. The van der Waals surface area contributed by atoms with Gasteiger partial charge in [-0.1, -0.05) is 11.6 Å². The molecule has 0 amide bonds. The Bertz CT molecular complexity index is 1440. The topological polar surface area (TPSA) is 45.8 Å². The van der Waals surface area contributed by atoms with Crippen LogP contribution in [0.4, 0.5) is 0 Å². The molecule has 0 saturated heterocycles. The Labute approximate surface area is 168 Å². The first-order valence-corrected chi connectivity index (χ1v) is 11.4. The van der Waals surface area contributed by atoms with Crippen molar-refractivity contribution in [2.45, 2.75) is 0 Å². The van der Waals surface area contributed by atoms with Gasteiger partial charge in [-0.25, -0.2) is 4.98 Å². The van der Waals surface area contributed by atoms with Crippen LogP contribution in [0, 0.1) is 0 Å². The molecule has 6 heterocycles. The van der Waals surface area contributed by atoms with E-state index in [1.165, 1.54) is 24.2 Å². The molecule has 0 aromatic carbocycles. The van der Waals surface area contributed by atoms with Crippen LogP contribution in [-0.4, -0.2) is 9.97 Å². The minimum atomic E-state index is 0.0194. The van der Waals surface area contributed by atoms with Crippen molar-refractivity contribution in [3.63, 3.8) is 0 Å². The highest BCUT2D eigenvalue weighted by Crippen LogP contribution is 2.39. The monoisotopic (exact) mass is 432 g/mol. The van der Waals surface area contributed by atoms with E-state index in [9.17, 15) is 4.79 Å². The third-order valence-corrected chi connectivity index (χ3v) is 8.85. The molecule has 0 saturated carbocycles. The van der Waals surface area contributed by atoms with Gasteiger partial charge in [0.25, 0.3) is 5.56 Å². The van der Waals surface area contributed by atoms with Crippen LogP contribution in [0.25, 0.3) is 39.0 Å². The highest BCUT2D eigenvalue weighted by atomic mass is 35.5. The number of hydrogen-bond donors (Lipinski definition) is 1. The van der Waals surface area contributed by atoms with Crippen molar-refractivity contribution in [3.05, 3.63) is 62.9 Å². The van der Waals surface area contributed by atoms with Gasteiger partial charge in [-0.05, 0) is 35.0 Å². The lowest BCUT2D eigenvalue weighted by Crippen LogP contribution is -2.01. The Hall–Kier alpha value is -1.77. The van der Waals surface area contributed by atoms with Gasteiger partial charge in [0.1, 0.15) is 9.85 Å². The van der Waals surface area contributed by atoms with E-state index in [-0.39, 0.29) is 5.56 Å². The van der Waals surface area contributed by atoms with Crippen molar-refractivity contribution in [2.24, 2.45) is 0 Å². The number of pyridine rings is 2. The zero-order chi connectivity index (χ0) is 17.7. The summed E-state index contributed by atoms with van der Waals surface area (Å²) in [5.41, 5.74) is 0.0194. The van der Waals surface area contributed by atoms with E-state index in [4.69, 9.17) is 11.6 Å². The fourth-order valence-corrected chi connectivity index (χ4v) is 7.53. The van der Waals surface area contributed by atoms with E-state index in [2.05, 4.69) is 32.9 Å². The van der Waals surface area contributed by atoms with E-state index in [1.807, 2.05) is 12.1 Å². The first-order chi connectivity index (χ1) is 12.7. The van der Waals surface area contributed by atoms with Gasteiger partial charge in [0, 0.05) is 32.6 Å². The van der Waals surface area contributed by atoms with Gasteiger partial charge in [0.15, 0.2) is 0 Å². The molecule has 1 N–H and O–H groups in total. The normalized spacial score (nSPS) is 11.4. The maximum Gasteiger partial charge on any atom is 0.265 e. The Morgan fingerprint density at radius 1 is 0.846 bits per heavy atom. The maximum absolute atomic E-state index is 11.4. The second-order valence-corrected chi connectivity index (χ2v) is 9.75. The first kappa shape index (κ1) is 16.4. The number of halogens is 1. The Balaban J connectivity index is 0.000000115. The molecule has 8 heteroatoms. The van der Waals surface area contributed by atoms with E-state index >= 15 is 0 Å². The quantitative estimate of drug-likeness (QED) is 0.263. The number of nitrogens with zero attached hydrogens (tertiary/aromatic N) is 1. The smallest absolute Gasteiger partial charge is 0.265 e.